The first-order chi connectivity index (χ1) is 8.24. The van der Waals surface area contributed by atoms with Gasteiger partial charge in [-0.25, -0.2) is 0 Å². The van der Waals surface area contributed by atoms with Gasteiger partial charge in [0.15, 0.2) is 11.5 Å². The topological polar surface area (TPSA) is 26.3 Å². The molecule has 0 radical (unpaired) electrons. The number of carbonyl (C=O) groups is 1. The maximum atomic E-state index is 11.9. The van der Waals surface area contributed by atoms with Gasteiger partial charge in [-0.15, -0.1) is 0 Å². The van der Waals surface area contributed by atoms with E-state index < -0.39 is 0 Å². The van der Waals surface area contributed by atoms with Crippen LogP contribution in [-0.2, 0) is 9.53 Å². The van der Waals surface area contributed by atoms with Crippen molar-refractivity contribution in [1.29, 1.82) is 0 Å². The number of hydrogen-bond acceptors (Lipinski definition) is 2. The zero-order chi connectivity index (χ0) is 12.3. The SMILES string of the molecule is CCOC1=C(c2ccccc2Cl)CCCC1=O. The third-order valence-electron chi connectivity index (χ3n) is 2.85. The Balaban J connectivity index is 2.49. The second-order valence-corrected chi connectivity index (χ2v) is 4.40. The second kappa shape index (κ2) is 5.37. The number of allylic oxidation sites excluding steroid dienone is 2. The van der Waals surface area contributed by atoms with Crippen LogP contribution in [0.4, 0.5) is 0 Å². The molecule has 0 saturated heterocycles. The maximum Gasteiger partial charge on any atom is 0.197 e. The van der Waals surface area contributed by atoms with E-state index in [0.29, 0.717) is 23.8 Å². The Hall–Kier alpha value is -1.28. The van der Waals surface area contributed by atoms with Gasteiger partial charge in [0.25, 0.3) is 0 Å². The summed E-state index contributed by atoms with van der Waals surface area (Å²) in [4.78, 5) is 11.9. The molecule has 0 aliphatic heterocycles. The zero-order valence-electron chi connectivity index (χ0n) is 9.83. The van der Waals surface area contributed by atoms with E-state index in [0.717, 1.165) is 24.0 Å². The van der Waals surface area contributed by atoms with Crippen LogP contribution < -0.4 is 0 Å². The molecular weight excluding hydrogens is 236 g/mol. The van der Waals surface area contributed by atoms with Crippen LogP contribution in [-0.4, -0.2) is 12.4 Å². The van der Waals surface area contributed by atoms with Crippen LogP contribution in [0.5, 0.6) is 0 Å². The van der Waals surface area contributed by atoms with Crippen molar-refractivity contribution in [1.82, 2.24) is 0 Å². The molecule has 0 aromatic heterocycles. The van der Waals surface area contributed by atoms with Crippen molar-refractivity contribution in [2.75, 3.05) is 6.61 Å². The molecule has 0 unspecified atom stereocenters. The Kier molecular flexibility index (Phi) is 3.85. The monoisotopic (exact) mass is 250 g/mol. The lowest BCUT2D eigenvalue weighted by atomic mass is 9.91. The minimum atomic E-state index is 0.0908. The number of rotatable bonds is 3. The van der Waals surface area contributed by atoms with Crippen molar-refractivity contribution >= 4 is 23.0 Å². The van der Waals surface area contributed by atoms with Crippen molar-refractivity contribution in [3.05, 3.63) is 40.6 Å². The Labute approximate surface area is 106 Å². The van der Waals surface area contributed by atoms with Crippen molar-refractivity contribution in [3.63, 3.8) is 0 Å². The first-order valence-electron chi connectivity index (χ1n) is 5.88. The van der Waals surface area contributed by atoms with Gasteiger partial charge < -0.3 is 4.74 Å². The van der Waals surface area contributed by atoms with Gasteiger partial charge in [0.2, 0.25) is 0 Å². The molecule has 2 nitrogen and oxygen atoms in total. The molecule has 90 valence electrons. The second-order valence-electron chi connectivity index (χ2n) is 4.00. The van der Waals surface area contributed by atoms with E-state index >= 15 is 0 Å². The molecule has 1 aliphatic rings. The Morgan fingerprint density at radius 3 is 2.76 bits per heavy atom. The average molecular weight is 251 g/mol. The van der Waals surface area contributed by atoms with E-state index in [1.807, 2.05) is 31.2 Å². The van der Waals surface area contributed by atoms with Gasteiger partial charge in [-0.3, -0.25) is 4.79 Å². The van der Waals surface area contributed by atoms with E-state index in [1.165, 1.54) is 0 Å². The van der Waals surface area contributed by atoms with E-state index in [1.54, 1.807) is 0 Å². The third-order valence-corrected chi connectivity index (χ3v) is 3.18. The summed E-state index contributed by atoms with van der Waals surface area (Å²) in [6.07, 6.45) is 2.30. The lowest BCUT2D eigenvalue weighted by Crippen LogP contribution is -2.14. The predicted octanol–water partition coefficient (Wildman–Crippen LogP) is 3.84. The number of ether oxygens (including phenoxy) is 1. The molecule has 0 spiro atoms. The van der Waals surface area contributed by atoms with Crippen LogP contribution in [0, 0.1) is 0 Å². The van der Waals surface area contributed by atoms with Crippen molar-refractivity contribution in [2.24, 2.45) is 0 Å². The first-order valence-corrected chi connectivity index (χ1v) is 6.26. The summed E-state index contributed by atoms with van der Waals surface area (Å²) < 4.78 is 5.49. The minimum Gasteiger partial charge on any atom is -0.490 e. The predicted molar refractivity (Wildman–Crippen MR) is 68.9 cm³/mol. The van der Waals surface area contributed by atoms with Crippen LogP contribution in [0.2, 0.25) is 5.02 Å². The molecule has 0 fully saturated rings. The summed E-state index contributed by atoms with van der Waals surface area (Å²) in [7, 11) is 0. The summed E-state index contributed by atoms with van der Waals surface area (Å²) in [5, 5.41) is 0.675. The van der Waals surface area contributed by atoms with Crippen LogP contribution in [0.1, 0.15) is 31.7 Å². The lowest BCUT2D eigenvalue weighted by Gasteiger charge is -2.20. The normalized spacial score (nSPS) is 16.2. The van der Waals surface area contributed by atoms with Crippen LogP contribution in [0.15, 0.2) is 30.0 Å². The summed E-state index contributed by atoms with van der Waals surface area (Å²) in [5.41, 5.74) is 1.87. The molecular formula is C14H15ClO2. The van der Waals surface area contributed by atoms with Crippen molar-refractivity contribution in [3.8, 4) is 0 Å². The fraction of sp³-hybridized carbons (Fsp3) is 0.357. The molecule has 3 heteroatoms. The first kappa shape index (κ1) is 12.2. The fourth-order valence-corrected chi connectivity index (χ4v) is 2.35. The van der Waals surface area contributed by atoms with Crippen LogP contribution >= 0.6 is 11.6 Å². The minimum absolute atomic E-state index is 0.0908. The van der Waals surface area contributed by atoms with Crippen LogP contribution in [0.3, 0.4) is 0 Å². The highest BCUT2D eigenvalue weighted by atomic mass is 35.5. The number of halogens is 1. The number of benzene rings is 1. The molecule has 2 rings (SSSR count). The highest BCUT2D eigenvalue weighted by molar-refractivity contribution is 6.32. The van der Waals surface area contributed by atoms with Gasteiger partial charge in [0.05, 0.1) is 6.61 Å². The highest BCUT2D eigenvalue weighted by Gasteiger charge is 2.23. The molecule has 0 heterocycles. The van der Waals surface area contributed by atoms with Gasteiger partial charge in [0.1, 0.15) is 0 Å². The third kappa shape index (κ3) is 2.52. The Morgan fingerprint density at radius 1 is 1.29 bits per heavy atom. The number of carbonyl (C=O) groups excluding carboxylic acids is 1. The average Bonchev–Trinajstić information content (AvgIpc) is 2.33. The van der Waals surface area contributed by atoms with Gasteiger partial charge in [-0.2, -0.15) is 0 Å². The highest BCUT2D eigenvalue weighted by Crippen LogP contribution is 2.34. The fourth-order valence-electron chi connectivity index (χ4n) is 2.10. The van der Waals surface area contributed by atoms with E-state index in [4.69, 9.17) is 16.3 Å². The zero-order valence-corrected chi connectivity index (χ0v) is 10.6. The number of Topliss-reactive ketones (excluding diaryl/α,β-unsaturated/α-hetero) is 1. The van der Waals surface area contributed by atoms with Crippen LogP contribution in [0.25, 0.3) is 5.57 Å². The molecule has 1 aliphatic carbocycles. The summed E-state index contributed by atoms with van der Waals surface area (Å²) in [6, 6.07) is 7.59. The quantitative estimate of drug-likeness (QED) is 0.815. The van der Waals surface area contributed by atoms with E-state index in [9.17, 15) is 4.79 Å². The van der Waals surface area contributed by atoms with E-state index in [-0.39, 0.29) is 5.78 Å². The summed E-state index contributed by atoms with van der Waals surface area (Å²) >= 11 is 6.17. The van der Waals surface area contributed by atoms with Gasteiger partial charge in [0, 0.05) is 22.6 Å². The van der Waals surface area contributed by atoms with Gasteiger partial charge in [-0.1, -0.05) is 29.8 Å². The van der Waals surface area contributed by atoms with Gasteiger partial charge in [-0.05, 0) is 25.8 Å². The number of ketones is 1. The maximum absolute atomic E-state index is 11.9. The lowest BCUT2D eigenvalue weighted by molar-refractivity contribution is -0.119. The van der Waals surface area contributed by atoms with Crippen molar-refractivity contribution in [2.45, 2.75) is 26.2 Å². The molecule has 0 amide bonds. The molecule has 0 N–H and O–H groups in total. The smallest absolute Gasteiger partial charge is 0.197 e. The molecule has 0 saturated carbocycles. The van der Waals surface area contributed by atoms with Gasteiger partial charge >= 0.3 is 0 Å². The molecule has 1 aromatic rings. The standard InChI is InChI=1S/C14H15ClO2/c1-2-17-14-11(7-5-9-13(14)16)10-6-3-4-8-12(10)15/h3-4,6,8H,2,5,7,9H2,1H3. The van der Waals surface area contributed by atoms with E-state index in [2.05, 4.69) is 0 Å². The number of hydrogen-bond donors (Lipinski definition) is 0. The Bertz CT molecular complexity index is 463. The van der Waals surface area contributed by atoms with Crippen molar-refractivity contribution < 1.29 is 9.53 Å². The summed E-state index contributed by atoms with van der Waals surface area (Å²) in [5.74, 6) is 0.597. The summed E-state index contributed by atoms with van der Waals surface area (Å²) in [6.45, 7) is 2.40. The molecule has 0 atom stereocenters. The molecule has 1 aromatic carbocycles. The Morgan fingerprint density at radius 2 is 2.06 bits per heavy atom. The molecule has 0 bridgehead atoms. The largest absolute Gasteiger partial charge is 0.490 e. The molecule has 17 heavy (non-hydrogen) atoms.